The summed E-state index contributed by atoms with van der Waals surface area (Å²) in [6.07, 6.45) is -3.47. The Bertz CT molecular complexity index is 1080. The number of nitrogens with zero attached hydrogens (tertiary/aromatic N) is 2. The average Bonchev–Trinajstić information content (AvgIpc) is 3.41. The molecule has 0 aliphatic carbocycles. The van der Waals surface area contributed by atoms with Crippen LogP contribution in [0.15, 0.2) is 47.1 Å². The lowest BCUT2D eigenvalue weighted by Crippen LogP contribution is -2.35. The number of furan rings is 1. The second-order valence-electron chi connectivity index (χ2n) is 6.89. The number of fused-ring (bicyclic) bond motifs is 1. The van der Waals surface area contributed by atoms with Crippen LogP contribution < -0.4 is 20.1 Å². The Morgan fingerprint density at radius 2 is 2.00 bits per heavy atom. The standard InChI is InChI=1S/C20H19F3N4O4/c1-29-15-6-5-11(8-16(15)30-2)24-19(28)13-10-18-25-12(14-4-3-7-31-14)9-17(20(21,22)23)27(18)26-13/h3-8,10,12,17,25H,9H2,1-2H3,(H,24,28)/t12-,17-/m0/s1. The van der Waals surface area contributed by atoms with Crippen LogP contribution in [0.5, 0.6) is 11.5 Å². The lowest BCUT2D eigenvalue weighted by atomic mass is 10.0. The topological polar surface area (TPSA) is 90.5 Å². The van der Waals surface area contributed by atoms with Crippen LogP contribution >= 0.6 is 0 Å². The molecule has 2 N–H and O–H groups in total. The van der Waals surface area contributed by atoms with Crippen LogP contribution in [-0.4, -0.2) is 36.1 Å². The number of aromatic nitrogens is 2. The molecule has 2 atom stereocenters. The zero-order valence-electron chi connectivity index (χ0n) is 16.6. The number of benzene rings is 1. The zero-order chi connectivity index (χ0) is 22.2. The minimum Gasteiger partial charge on any atom is -0.493 e. The highest BCUT2D eigenvalue weighted by Gasteiger charge is 2.47. The third-order valence-corrected chi connectivity index (χ3v) is 4.95. The maximum Gasteiger partial charge on any atom is 0.410 e. The molecule has 1 aliphatic rings. The van der Waals surface area contributed by atoms with E-state index in [1.807, 2.05) is 0 Å². The summed E-state index contributed by atoms with van der Waals surface area (Å²) in [5, 5.41) is 9.49. The summed E-state index contributed by atoms with van der Waals surface area (Å²) in [5.41, 5.74) is 0.217. The molecule has 0 saturated heterocycles. The van der Waals surface area contributed by atoms with E-state index in [-0.39, 0.29) is 17.9 Å². The summed E-state index contributed by atoms with van der Waals surface area (Å²) in [7, 11) is 2.93. The van der Waals surface area contributed by atoms with Gasteiger partial charge in [0, 0.05) is 24.2 Å². The molecule has 1 aliphatic heterocycles. The van der Waals surface area contributed by atoms with Gasteiger partial charge >= 0.3 is 6.18 Å². The highest BCUT2D eigenvalue weighted by Crippen LogP contribution is 2.43. The van der Waals surface area contributed by atoms with Crippen LogP contribution in [0, 0.1) is 0 Å². The van der Waals surface area contributed by atoms with Gasteiger partial charge in [-0.1, -0.05) is 0 Å². The van der Waals surface area contributed by atoms with E-state index in [1.54, 1.807) is 24.3 Å². The first-order valence-corrected chi connectivity index (χ1v) is 9.29. The van der Waals surface area contributed by atoms with Crippen molar-refractivity contribution in [3.8, 4) is 11.5 Å². The minimum atomic E-state index is -4.55. The molecule has 0 unspecified atom stereocenters. The van der Waals surface area contributed by atoms with Crippen LogP contribution in [0.4, 0.5) is 24.7 Å². The van der Waals surface area contributed by atoms with Crippen LogP contribution in [0.3, 0.4) is 0 Å². The maximum atomic E-state index is 13.7. The second-order valence-corrected chi connectivity index (χ2v) is 6.89. The monoisotopic (exact) mass is 436 g/mol. The number of halogens is 3. The highest BCUT2D eigenvalue weighted by molar-refractivity contribution is 6.03. The summed E-state index contributed by atoms with van der Waals surface area (Å²) < 4.78 is 57.5. The molecule has 0 radical (unpaired) electrons. The lowest BCUT2D eigenvalue weighted by molar-refractivity contribution is -0.174. The van der Waals surface area contributed by atoms with E-state index in [9.17, 15) is 18.0 Å². The van der Waals surface area contributed by atoms with E-state index in [1.165, 1.54) is 32.6 Å². The first-order chi connectivity index (χ1) is 14.8. The molecule has 0 fully saturated rings. The summed E-state index contributed by atoms with van der Waals surface area (Å²) in [6, 6.07) is 6.60. The van der Waals surface area contributed by atoms with E-state index >= 15 is 0 Å². The normalized spacial score (nSPS) is 18.1. The molecule has 1 amide bonds. The highest BCUT2D eigenvalue weighted by atomic mass is 19.4. The number of carbonyl (C=O) groups excluding carboxylic acids is 1. The number of ether oxygens (including phenoxy) is 2. The Kier molecular flexibility index (Phi) is 5.25. The van der Waals surface area contributed by atoms with Gasteiger partial charge in [-0.3, -0.25) is 4.79 Å². The number of alkyl halides is 3. The van der Waals surface area contributed by atoms with Crippen molar-refractivity contribution in [2.75, 3.05) is 24.9 Å². The van der Waals surface area contributed by atoms with Crippen molar-refractivity contribution < 1.29 is 31.9 Å². The van der Waals surface area contributed by atoms with Gasteiger partial charge in [0.05, 0.1) is 26.5 Å². The fraction of sp³-hybridized carbons (Fsp3) is 0.300. The number of anilines is 2. The van der Waals surface area contributed by atoms with Crippen molar-refractivity contribution in [3.05, 3.63) is 54.1 Å². The number of hydrogen-bond donors (Lipinski definition) is 2. The van der Waals surface area contributed by atoms with Gasteiger partial charge in [0.15, 0.2) is 23.2 Å². The molecule has 0 bridgehead atoms. The maximum absolute atomic E-state index is 13.7. The third-order valence-electron chi connectivity index (χ3n) is 4.95. The van der Waals surface area contributed by atoms with Gasteiger partial charge in [0.2, 0.25) is 0 Å². The summed E-state index contributed by atoms with van der Waals surface area (Å²) in [4.78, 5) is 12.7. The Hall–Kier alpha value is -3.63. The molecular formula is C20H19F3N4O4. The Labute approximate surface area is 174 Å². The average molecular weight is 436 g/mol. The van der Waals surface area contributed by atoms with E-state index in [0.29, 0.717) is 22.9 Å². The minimum absolute atomic E-state index is 0.0763. The fourth-order valence-corrected chi connectivity index (χ4v) is 3.47. The van der Waals surface area contributed by atoms with Gasteiger partial charge in [0.1, 0.15) is 11.6 Å². The molecule has 164 valence electrons. The molecular weight excluding hydrogens is 417 g/mol. The van der Waals surface area contributed by atoms with Crippen molar-refractivity contribution in [2.45, 2.75) is 24.7 Å². The third kappa shape index (κ3) is 4.03. The Morgan fingerprint density at radius 1 is 1.23 bits per heavy atom. The van der Waals surface area contributed by atoms with Crippen molar-refractivity contribution in [2.24, 2.45) is 0 Å². The molecule has 4 rings (SSSR count). The summed E-state index contributed by atoms with van der Waals surface area (Å²) in [5.74, 6) is 0.653. The van der Waals surface area contributed by atoms with Crippen LogP contribution in [0.1, 0.15) is 34.8 Å². The van der Waals surface area contributed by atoms with E-state index in [0.717, 1.165) is 4.68 Å². The number of methoxy groups -OCH3 is 2. The van der Waals surface area contributed by atoms with Gasteiger partial charge in [-0.05, 0) is 24.3 Å². The van der Waals surface area contributed by atoms with E-state index in [2.05, 4.69) is 15.7 Å². The van der Waals surface area contributed by atoms with Gasteiger partial charge in [-0.25, -0.2) is 4.68 Å². The summed E-state index contributed by atoms with van der Waals surface area (Å²) in [6.45, 7) is 0. The predicted octanol–water partition coefficient (Wildman–Crippen LogP) is 4.41. The van der Waals surface area contributed by atoms with Crippen molar-refractivity contribution in [3.63, 3.8) is 0 Å². The van der Waals surface area contributed by atoms with E-state index in [4.69, 9.17) is 13.9 Å². The van der Waals surface area contributed by atoms with Crippen LogP contribution in [0.25, 0.3) is 0 Å². The zero-order valence-corrected chi connectivity index (χ0v) is 16.6. The molecule has 1 aromatic carbocycles. The van der Waals surface area contributed by atoms with Gasteiger partial charge < -0.3 is 24.5 Å². The van der Waals surface area contributed by atoms with Gasteiger partial charge in [0.25, 0.3) is 5.91 Å². The molecule has 11 heteroatoms. The smallest absolute Gasteiger partial charge is 0.410 e. The van der Waals surface area contributed by atoms with Gasteiger partial charge in [-0.15, -0.1) is 0 Å². The molecule has 8 nitrogen and oxygen atoms in total. The van der Waals surface area contributed by atoms with Crippen molar-refractivity contribution in [1.82, 2.24) is 9.78 Å². The number of amides is 1. The number of rotatable bonds is 5. The lowest BCUT2D eigenvalue weighted by Gasteiger charge is -2.32. The molecule has 0 spiro atoms. The molecule has 3 aromatic rings. The SMILES string of the molecule is COc1ccc(NC(=O)c2cc3n(n2)[C@H](C(F)(F)F)C[C@@H](c2ccco2)N3)cc1OC. The predicted molar refractivity (Wildman–Crippen MR) is 105 cm³/mol. The van der Waals surface area contributed by atoms with Crippen LogP contribution in [-0.2, 0) is 0 Å². The second kappa shape index (κ2) is 7.89. The fourth-order valence-electron chi connectivity index (χ4n) is 3.47. The molecule has 0 saturated carbocycles. The largest absolute Gasteiger partial charge is 0.493 e. The van der Waals surface area contributed by atoms with Crippen molar-refractivity contribution >= 4 is 17.4 Å². The van der Waals surface area contributed by atoms with Crippen LogP contribution in [0.2, 0.25) is 0 Å². The quantitative estimate of drug-likeness (QED) is 0.616. The number of hydrogen-bond acceptors (Lipinski definition) is 6. The first-order valence-electron chi connectivity index (χ1n) is 9.29. The number of carbonyl (C=O) groups is 1. The molecule has 3 heterocycles. The van der Waals surface area contributed by atoms with Crippen molar-refractivity contribution in [1.29, 1.82) is 0 Å². The number of nitrogens with one attached hydrogen (secondary N) is 2. The first kappa shape index (κ1) is 20.6. The molecule has 31 heavy (non-hydrogen) atoms. The van der Waals surface area contributed by atoms with Gasteiger partial charge in [-0.2, -0.15) is 18.3 Å². The Morgan fingerprint density at radius 3 is 2.65 bits per heavy atom. The van der Waals surface area contributed by atoms with E-state index < -0.39 is 24.2 Å². The molecule has 2 aromatic heterocycles. The Balaban J connectivity index is 1.61. The summed E-state index contributed by atoms with van der Waals surface area (Å²) >= 11 is 0.